The van der Waals surface area contributed by atoms with Gasteiger partial charge in [-0.05, 0) is 24.6 Å². The monoisotopic (exact) mass is 311 g/mol. The van der Waals surface area contributed by atoms with Gasteiger partial charge in [-0.2, -0.15) is 0 Å². The average Bonchev–Trinajstić information content (AvgIpc) is 2.79. The van der Waals surface area contributed by atoms with Gasteiger partial charge in [-0.25, -0.2) is 4.79 Å². The third kappa shape index (κ3) is 2.70. The van der Waals surface area contributed by atoms with Crippen molar-refractivity contribution in [1.29, 1.82) is 0 Å². The number of aromatic carboxylic acids is 1. The number of rotatable bonds is 4. The summed E-state index contributed by atoms with van der Waals surface area (Å²) in [6, 6.07) is 4.96. The fourth-order valence-electron chi connectivity index (χ4n) is 1.54. The van der Waals surface area contributed by atoms with Crippen molar-refractivity contribution < 1.29 is 19.2 Å². The van der Waals surface area contributed by atoms with Gasteiger partial charge in [-0.1, -0.05) is 21.1 Å². The van der Waals surface area contributed by atoms with Crippen LogP contribution in [0.3, 0.4) is 0 Å². The zero-order valence-electron chi connectivity index (χ0n) is 9.51. The van der Waals surface area contributed by atoms with Crippen LogP contribution in [0.1, 0.15) is 21.7 Å². The number of hydrogen-bond donors (Lipinski definition) is 1. The van der Waals surface area contributed by atoms with Crippen molar-refractivity contribution in [3.05, 3.63) is 45.8 Å². The molecule has 0 bridgehead atoms. The maximum Gasteiger partial charge on any atom is 0.339 e. The second kappa shape index (κ2) is 5.22. The number of carbonyl (C=O) groups is 1. The Morgan fingerprint density at radius 3 is 2.94 bits per heavy atom. The van der Waals surface area contributed by atoms with Crippen molar-refractivity contribution in [2.45, 2.75) is 13.5 Å². The van der Waals surface area contributed by atoms with Gasteiger partial charge >= 0.3 is 5.97 Å². The second-order valence-corrected chi connectivity index (χ2v) is 4.59. The molecule has 5 nitrogen and oxygen atoms in total. The third-order valence-corrected chi connectivity index (χ3v) is 2.78. The second-order valence-electron chi connectivity index (χ2n) is 3.67. The summed E-state index contributed by atoms with van der Waals surface area (Å²) in [5.74, 6) is -0.164. The molecule has 94 valence electrons. The Morgan fingerprint density at radius 2 is 2.33 bits per heavy atom. The van der Waals surface area contributed by atoms with Gasteiger partial charge in [0.1, 0.15) is 17.9 Å². The summed E-state index contributed by atoms with van der Waals surface area (Å²) in [5, 5.41) is 12.7. The maximum absolute atomic E-state index is 11.2. The molecule has 1 aromatic heterocycles. The predicted octanol–water partition coefficient (Wildman–Crippen LogP) is 3.02. The molecule has 0 spiro atoms. The molecule has 0 radical (unpaired) electrons. The lowest BCUT2D eigenvalue weighted by molar-refractivity contribution is 0.0690. The average molecular weight is 312 g/mol. The molecule has 0 atom stereocenters. The summed E-state index contributed by atoms with van der Waals surface area (Å²) in [6.45, 7) is 1.93. The summed E-state index contributed by atoms with van der Waals surface area (Å²) >= 11 is 3.26. The Labute approximate surface area is 111 Å². The van der Waals surface area contributed by atoms with E-state index in [0.29, 0.717) is 16.0 Å². The van der Waals surface area contributed by atoms with Crippen LogP contribution < -0.4 is 4.74 Å². The van der Waals surface area contributed by atoms with Crippen molar-refractivity contribution >= 4 is 21.9 Å². The first-order valence-electron chi connectivity index (χ1n) is 5.13. The summed E-state index contributed by atoms with van der Waals surface area (Å²) in [6.07, 6.45) is 1.51. The zero-order chi connectivity index (χ0) is 13.1. The molecule has 0 unspecified atom stereocenters. The number of hydrogen-bond acceptors (Lipinski definition) is 4. The first-order valence-corrected chi connectivity index (χ1v) is 5.93. The van der Waals surface area contributed by atoms with E-state index in [1.807, 2.05) is 0 Å². The number of carboxylic acids is 1. The van der Waals surface area contributed by atoms with Crippen LogP contribution in [0.4, 0.5) is 0 Å². The molecule has 0 saturated heterocycles. The fraction of sp³-hybridized carbons (Fsp3) is 0.167. The number of aryl methyl sites for hydroxylation is 1. The zero-order valence-corrected chi connectivity index (χ0v) is 11.1. The van der Waals surface area contributed by atoms with E-state index in [0.717, 1.165) is 5.56 Å². The minimum atomic E-state index is -1.04. The Hall–Kier alpha value is -1.82. The fourth-order valence-corrected chi connectivity index (χ4v) is 2.11. The van der Waals surface area contributed by atoms with Gasteiger partial charge in [-0.3, -0.25) is 0 Å². The Morgan fingerprint density at radius 1 is 1.56 bits per heavy atom. The summed E-state index contributed by atoms with van der Waals surface area (Å²) in [5.41, 5.74) is 0.850. The van der Waals surface area contributed by atoms with Gasteiger partial charge in [0.15, 0.2) is 5.76 Å². The van der Waals surface area contributed by atoms with Gasteiger partial charge in [-0.15, -0.1) is 0 Å². The normalized spacial score (nSPS) is 10.3. The lowest BCUT2D eigenvalue weighted by atomic mass is 10.1. The van der Waals surface area contributed by atoms with Gasteiger partial charge < -0.3 is 14.4 Å². The highest BCUT2D eigenvalue weighted by Crippen LogP contribution is 2.28. The molecule has 1 N–H and O–H groups in total. The number of nitrogens with zero attached hydrogens (tertiary/aromatic N) is 1. The van der Waals surface area contributed by atoms with Crippen molar-refractivity contribution in [2.75, 3.05) is 0 Å². The minimum Gasteiger partial charge on any atom is -0.484 e. The molecular formula is C12H10BrNO4. The van der Waals surface area contributed by atoms with E-state index in [1.54, 1.807) is 19.1 Å². The van der Waals surface area contributed by atoms with E-state index in [4.69, 9.17) is 14.4 Å². The summed E-state index contributed by atoms with van der Waals surface area (Å²) < 4.78 is 11.1. The number of carboxylic acid groups (broad SMARTS) is 1. The van der Waals surface area contributed by atoms with Crippen LogP contribution in [0, 0.1) is 6.92 Å². The summed E-state index contributed by atoms with van der Waals surface area (Å²) in [4.78, 5) is 11.2. The third-order valence-electron chi connectivity index (χ3n) is 2.32. The molecule has 0 aliphatic rings. The number of benzene rings is 1. The van der Waals surface area contributed by atoms with Crippen molar-refractivity contribution in [3.8, 4) is 5.75 Å². The molecule has 18 heavy (non-hydrogen) atoms. The van der Waals surface area contributed by atoms with Gasteiger partial charge in [0, 0.05) is 10.5 Å². The lowest BCUT2D eigenvalue weighted by Crippen LogP contribution is -2.05. The molecule has 0 aliphatic heterocycles. The van der Waals surface area contributed by atoms with Crippen molar-refractivity contribution in [1.82, 2.24) is 5.16 Å². The topological polar surface area (TPSA) is 72.6 Å². The van der Waals surface area contributed by atoms with Crippen LogP contribution in [-0.4, -0.2) is 16.2 Å². The van der Waals surface area contributed by atoms with Crippen LogP contribution >= 0.6 is 15.9 Å². The smallest absolute Gasteiger partial charge is 0.339 e. The molecule has 0 saturated carbocycles. The molecular weight excluding hydrogens is 302 g/mol. The lowest BCUT2D eigenvalue weighted by Gasteiger charge is -2.11. The standard InChI is InChI=1S/C12H10BrNO4/c1-7-4-8(13)5-10(12(15)16)11(7)17-6-9-2-3-14-18-9/h2-5H,6H2,1H3,(H,15,16). The van der Waals surface area contributed by atoms with Crippen LogP contribution in [0.2, 0.25) is 0 Å². The van der Waals surface area contributed by atoms with E-state index in [-0.39, 0.29) is 12.2 Å². The van der Waals surface area contributed by atoms with Crippen molar-refractivity contribution in [2.24, 2.45) is 0 Å². The van der Waals surface area contributed by atoms with E-state index < -0.39 is 5.97 Å². The van der Waals surface area contributed by atoms with Crippen LogP contribution in [0.5, 0.6) is 5.75 Å². The molecule has 1 heterocycles. The van der Waals surface area contributed by atoms with Gasteiger partial charge in [0.25, 0.3) is 0 Å². The largest absolute Gasteiger partial charge is 0.484 e. The van der Waals surface area contributed by atoms with Gasteiger partial charge in [0.05, 0.1) is 6.20 Å². The molecule has 2 aromatic rings. The first kappa shape index (κ1) is 12.6. The van der Waals surface area contributed by atoms with Crippen LogP contribution in [0.25, 0.3) is 0 Å². The molecule has 2 rings (SSSR count). The Kier molecular flexibility index (Phi) is 3.66. The van der Waals surface area contributed by atoms with Crippen LogP contribution in [0.15, 0.2) is 33.4 Å². The van der Waals surface area contributed by atoms with E-state index in [2.05, 4.69) is 21.1 Å². The maximum atomic E-state index is 11.2. The first-order chi connectivity index (χ1) is 8.58. The Bertz CT molecular complexity index is 566. The molecule has 0 amide bonds. The Balaban J connectivity index is 2.28. The highest BCUT2D eigenvalue weighted by Gasteiger charge is 2.15. The number of halogens is 1. The van der Waals surface area contributed by atoms with Crippen LogP contribution in [-0.2, 0) is 6.61 Å². The quantitative estimate of drug-likeness (QED) is 0.939. The van der Waals surface area contributed by atoms with E-state index in [9.17, 15) is 4.79 Å². The van der Waals surface area contributed by atoms with Gasteiger partial charge in [0.2, 0.25) is 0 Å². The minimum absolute atomic E-state index is 0.112. The predicted molar refractivity (Wildman–Crippen MR) is 66.7 cm³/mol. The van der Waals surface area contributed by atoms with Crippen molar-refractivity contribution in [3.63, 3.8) is 0 Å². The molecule has 0 aliphatic carbocycles. The number of aromatic nitrogens is 1. The highest BCUT2D eigenvalue weighted by molar-refractivity contribution is 9.10. The highest BCUT2D eigenvalue weighted by atomic mass is 79.9. The summed E-state index contributed by atoms with van der Waals surface area (Å²) in [7, 11) is 0. The number of ether oxygens (including phenoxy) is 1. The molecule has 6 heteroatoms. The SMILES string of the molecule is Cc1cc(Br)cc(C(=O)O)c1OCc1ccno1. The van der Waals surface area contributed by atoms with E-state index in [1.165, 1.54) is 12.3 Å². The van der Waals surface area contributed by atoms with E-state index >= 15 is 0 Å². The molecule has 1 aromatic carbocycles. The molecule has 0 fully saturated rings.